The van der Waals surface area contributed by atoms with Crippen molar-refractivity contribution in [1.29, 1.82) is 0 Å². The van der Waals surface area contributed by atoms with Crippen LogP contribution in [0.4, 0.5) is 0 Å². The summed E-state index contributed by atoms with van der Waals surface area (Å²) >= 11 is 1.89. The van der Waals surface area contributed by atoms with E-state index in [9.17, 15) is 9.32 Å². The second-order valence-corrected chi connectivity index (χ2v) is 10.00. The van der Waals surface area contributed by atoms with Crippen LogP contribution in [0, 0.1) is 0 Å². The van der Waals surface area contributed by atoms with Crippen molar-refractivity contribution >= 4 is 21.5 Å². The standard InChI is InChI=1S/C16H23NO2S2/c1-17-21(19,14-7-3-2-4-8-14)13-15(18)9-5-10-16(15)11-6-12-20-16/h2-4,7-8,18H,5-6,9-13H2,1H3/t15-,16-,21?/m0/s1. The summed E-state index contributed by atoms with van der Waals surface area (Å²) in [6.45, 7) is 0. The van der Waals surface area contributed by atoms with Crippen LogP contribution in [-0.4, -0.2) is 38.2 Å². The molecule has 3 rings (SSSR count). The highest BCUT2D eigenvalue weighted by Crippen LogP contribution is 2.56. The number of thioether (sulfide) groups is 1. The number of hydrogen-bond donors (Lipinski definition) is 1. The lowest BCUT2D eigenvalue weighted by Gasteiger charge is -2.39. The molecular formula is C16H23NO2S2. The second-order valence-electron chi connectivity index (χ2n) is 6.11. The van der Waals surface area contributed by atoms with Gasteiger partial charge in [-0.15, -0.1) is 0 Å². The summed E-state index contributed by atoms with van der Waals surface area (Å²) in [6.07, 6.45) is 5.02. The van der Waals surface area contributed by atoms with Gasteiger partial charge in [0.25, 0.3) is 0 Å². The number of rotatable bonds is 3. The average Bonchev–Trinajstić information content (AvgIpc) is 3.09. The average molecular weight is 325 g/mol. The molecule has 0 radical (unpaired) electrons. The molecule has 2 fully saturated rings. The van der Waals surface area contributed by atoms with Crippen LogP contribution in [0.3, 0.4) is 0 Å². The van der Waals surface area contributed by atoms with Crippen molar-refractivity contribution in [2.24, 2.45) is 4.36 Å². The number of nitrogens with zero attached hydrogens (tertiary/aromatic N) is 1. The van der Waals surface area contributed by atoms with Crippen molar-refractivity contribution in [2.75, 3.05) is 18.6 Å². The van der Waals surface area contributed by atoms with E-state index in [1.165, 1.54) is 0 Å². The molecule has 1 aliphatic carbocycles. The molecule has 0 amide bonds. The fourth-order valence-corrected chi connectivity index (χ4v) is 7.75. The second kappa shape index (κ2) is 5.60. The van der Waals surface area contributed by atoms with Crippen molar-refractivity contribution in [3.8, 4) is 0 Å². The van der Waals surface area contributed by atoms with Gasteiger partial charge in [-0.05, 0) is 50.0 Å². The number of benzene rings is 1. The van der Waals surface area contributed by atoms with E-state index in [2.05, 4.69) is 4.36 Å². The molecule has 3 atom stereocenters. The molecule has 1 unspecified atom stereocenters. The van der Waals surface area contributed by atoms with E-state index in [4.69, 9.17) is 0 Å². The van der Waals surface area contributed by atoms with Crippen LogP contribution in [0.15, 0.2) is 39.6 Å². The highest BCUT2D eigenvalue weighted by Gasteiger charge is 2.56. The molecule has 5 heteroatoms. The molecule has 1 N–H and O–H groups in total. The zero-order chi connectivity index (χ0) is 15.0. The Hall–Kier alpha value is -0.520. The number of hydrogen-bond acceptors (Lipinski definition) is 4. The first kappa shape index (κ1) is 15.4. The Morgan fingerprint density at radius 1 is 1.24 bits per heavy atom. The summed E-state index contributed by atoms with van der Waals surface area (Å²) < 4.78 is 17.4. The summed E-state index contributed by atoms with van der Waals surface area (Å²) in [6, 6.07) is 9.42. The maximum Gasteiger partial charge on any atom is 0.0920 e. The maximum absolute atomic E-state index is 13.3. The normalized spacial score (nSPS) is 35.0. The lowest BCUT2D eigenvalue weighted by Crippen LogP contribution is -2.50. The van der Waals surface area contributed by atoms with E-state index in [-0.39, 0.29) is 10.5 Å². The molecule has 116 valence electrons. The third-order valence-electron chi connectivity index (χ3n) is 4.96. The lowest BCUT2D eigenvalue weighted by atomic mass is 9.88. The largest absolute Gasteiger partial charge is 0.387 e. The molecule has 0 bridgehead atoms. The first-order valence-corrected chi connectivity index (χ1v) is 10.3. The van der Waals surface area contributed by atoms with Gasteiger partial charge in [-0.25, -0.2) is 8.57 Å². The molecule has 1 saturated carbocycles. The Morgan fingerprint density at radius 2 is 1.95 bits per heavy atom. The minimum absolute atomic E-state index is 0.0882. The van der Waals surface area contributed by atoms with Crippen molar-refractivity contribution in [3.63, 3.8) is 0 Å². The van der Waals surface area contributed by atoms with Crippen LogP contribution in [-0.2, 0) is 9.73 Å². The topological polar surface area (TPSA) is 49.7 Å². The van der Waals surface area contributed by atoms with Gasteiger partial charge in [0.1, 0.15) is 0 Å². The van der Waals surface area contributed by atoms with Crippen LogP contribution in [0.1, 0.15) is 32.1 Å². The minimum atomic E-state index is -2.55. The third-order valence-corrected chi connectivity index (χ3v) is 9.26. The van der Waals surface area contributed by atoms with Crippen LogP contribution in [0.2, 0.25) is 0 Å². The van der Waals surface area contributed by atoms with Gasteiger partial charge in [0.05, 0.1) is 21.1 Å². The molecule has 1 aromatic rings. The van der Waals surface area contributed by atoms with Gasteiger partial charge in [-0.3, -0.25) is 0 Å². The van der Waals surface area contributed by atoms with Gasteiger partial charge in [-0.1, -0.05) is 18.2 Å². The van der Waals surface area contributed by atoms with Crippen molar-refractivity contribution < 1.29 is 9.32 Å². The summed E-state index contributed by atoms with van der Waals surface area (Å²) in [7, 11) is -0.936. The maximum atomic E-state index is 13.3. The van der Waals surface area contributed by atoms with E-state index in [1.54, 1.807) is 7.05 Å². The van der Waals surface area contributed by atoms with Crippen molar-refractivity contribution in [2.45, 2.75) is 47.3 Å². The Bertz CT molecular complexity index is 611. The van der Waals surface area contributed by atoms with E-state index in [0.29, 0.717) is 0 Å². The predicted molar refractivity (Wildman–Crippen MR) is 89.3 cm³/mol. The van der Waals surface area contributed by atoms with Crippen molar-refractivity contribution in [1.82, 2.24) is 0 Å². The van der Waals surface area contributed by atoms with Crippen LogP contribution in [0.5, 0.6) is 0 Å². The minimum Gasteiger partial charge on any atom is -0.387 e. The summed E-state index contributed by atoms with van der Waals surface area (Å²) in [5.74, 6) is 1.38. The van der Waals surface area contributed by atoms with E-state index >= 15 is 0 Å². The molecule has 21 heavy (non-hydrogen) atoms. The predicted octanol–water partition coefficient (Wildman–Crippen LogP) is 3.32. The first-order valence-electron chi connectivity index (χ1n) is 7.58. The van der Waals surface area contributed by atoms with Gasteiger partial charge in [0.15, 0.2) is 0 Å². The zero-order valence-corrected chi connectivity index (χ0v) is 14.1. The van der Waals surface area contributed by atoms with Gasteiger partial charge in [0, 0.05) is 16.7 Å². The third kappa shape index (κ3) is 2.53. The Kier molecular flexibility index (Phi) is 4.10. The first-order chi connectivity index (χ1) is 10.0. The Balaban J connectivity index is 1.96. The van der Waals surface area contributed by atoms with E-state index < -0.39 is 15.3 Å². The SMILES string of the molecule is CN=S(=O)(C[C@@]1(O)CCC[C@]12CCCS2)c1ccccc1. The Morgan fingerprint density at radius 3 is 2.57 bits per heavy atom. The number of aliphatic hydroxyl groups is 1. The summed E-state index contributed by atoms with van der Waals surface area (Å²) in [5.41, 5.74) is -0.847. The van der Waals surface area contributed by atoms with Crippen LogP contribution < -0.4 is 0 Å². The molecule has 0 aromatic heterocycles. The fourth-order valence-electron chi connectivity index (χ4n) is 3.80. The highest BCUT2D eigenvalue weighted by atomic mass is 32.2. The highest BCUT2D eigenvalue weighted by molar-refractivity contribution is 8.01. The fraction of sp³-hybridized carbons (Fsp3) is 0.625. The molecule has 1 saturated heterocycles. The van der Waals surface area contributed by atoms with Crippen molar-refractivity contribution in [3.05, 3.63) is 30.3 Å². The van der Waals surface area contributed by atoms with Crippen LogP contribution >= 0.6 is 11.8 Å². The van der Waals surface area contributed by atoms with Crippen LogP contribution in [0.25, 0.3) is 0 Å². The van der Waals surface area contributed by atoms with E-state index in [1.807, 2.05) is 42.1 Å². The zero-order valence-electron chi connectivity index (χ0n) is 12.5. The molecule has 1 spiro atoms. The smallest absolute Gasteiger partial charge is 0.0920 e. The molecular weight excluding hydrogens is 302 g/mol. The quantitative estimate of drug-likeness (QED) is 0.927. The molecule has 1 heterocycles. The lowest BCUT2D eigenvalue weighted by molar-refractivity contribution is 0.0407. The van der Waals surface area contributed by atoms with E-state index in [0.717, 1.165) is 42.8 Å². The monoisotopic (exact) mass is 325 g/mol. The molecule has 3 nitrogen and oxygen atoms in total. The summed E-state index contributed by atoms with van der Waals surface area (Å²) in [5, 5.41) is 11.3. The van der Waals surface area contributed by atoms with Gasteiger partial charge in [0.2, 0.25) is 0 Å². The summed E-state index contributed by atoms with van der Waals surface area (Å²) in [4.78, 5) is 0.742. The Labute approximate surface area is 131 Å². The van der Waals surface area contributed by atoms with Gasteiger partial charge in [-0.2, -0.15) is 11.8 Å². The van der Waals surface area contributed by atoms with Gasteiger partial charge >= 0.3 is 0 Å². The van der Waals surface area contributed by atoms with Gasteiger partial charge < -0.3 is 5.11 Å². The molecule has 2 aliphatic rings. The molecule has 1 aliphatic heterocycles. The molecule has 1 aromatic carbocycles.